The number of halogens is 1. The van der Waals surface area contributed by atoms with E-state index in [-0.39, 0.29) is 10.6 Å². The van der Waals surface area contributed by atoms with Crippen molar-refractivity contribution in [3.05, 3.63) is 52.5 Å². The van der Waals surface area contributed by atoms with Crippen LogP contribution in [0.25, 0.3) is 0 Å². The van der Waals surface area contributed by atoms with Crippen LogP contribution in [0.5, 0.6) is 0 Å². The predicted octanol–water partition coefficient (Wildman–Crippen LogP) is 2.73. The lowest BCUT2D eigenvalue weighted by atomic mass is 10.2. The van der Waals surface area contributed by atoms with Crippen LogP contribution in [-0.2, 0) is 10.0 Å². The average molecular weight is 366 g/mol. The number of hydrogen-bond acceptors (Lipinski definition) is 4. The first-order chi connectivity index (χ1) is 9.86. The van der Waals surface area contributed by atoms with Crippen LogP contribution in [0.15, 0.2) is 51.8 Å². The number of hydrogen-bond donors (Lipinski definition) is 1. The van der Waals surface area contributed by atoms with Gasteiger partial charge in [0.2, 0.25) is 0 Å². The van der Waals surface area contributed by atoms with Gasteiger partial charge in [0.15, 0.2) is 0 Å². The van der Waals surface area contributed by atoms with Gasteiger partial charge in [-0.1, -0.05) is 15.9 Å². The molecule has 2 rings (SSSR count). The van der Waals surface area contributed by atoms with Gasteiger partial charge in [-0.3, -0.25) is 4.31 Å². The third-order valence-electron chi connectivity index (χ3n) is 2.97. The monoisotopic (exact) mass is 365 g/mol. The Balaban J connectivity index is 2.45. The Morgan fingerprint density at radius 2 is 1.81 bits per heavy atom. The molecule has 21 heavy (non-hydrogen) atoms. The molecule has 0 aliphatic carbocycles. The molecule has 2 aromatic carbocycles. The standard InChI is InChI=1S/C14H12BrN3O2S/c1-18(12-5-2-10(9-16)3-6-12)21(19,20)14-7-4-11(15)8-13(14)17/h2-8H,17H2,1H3. The molecule has 0 heterocycles. The normalized spacial score (nSPS) is 10.9. The molecule has 0 aliphatic rings. The maximum absolute atomic E-state index is 12.6. The first-order valence-corrected chi connectivity index (χ1v) is 8.13. The van der Waals surface area contributed by atoms with Crippen molar-refractivity contribution >= 4 is 37.3 Å². The van der Waals surface area contributed by atoms with Crippen molar-refractivity contribution in [1.29, 1.82) is 5.26 Å². The fourth-order valence-corrected chi connectivity index (χ4v) is 3.46. The number of nitriles is 1. The topological polar surface area (TPSA) is 87.2 Å². The molecule has 2 aromatic rings. The molecular weight excluding hydrogens is 354 g/mol. The fourth-order valence-electron chi connectivity index (χ4n) is 1.79. The lowest BCUT2D eigenvalue weighted by Gasteiger charge is -2.20. The van der Waals surface area contributed by atoms with E-state index in [4.69, 9.17) is 11.0 Å². The summed E-state index contributed by atoms with van der Waals surface area (Å²) in [6.07, 6.45) is 0. The smallest absolute Gasteiger partial charge is 0.266 e. The largest absolute Gasteiger partial charge is 0.398 e. The minimum atomic E-state index is -3.75. The maximum atomic E-state index is 12.6. The lowest BCUT2D eigenvalue weighted by Crippen LogP contribution is -2.27. The number of nitrogens with two attached hydrogens (primary N) is 1. The molecule has 0 bridgehead atoms. The SMILES string of the molecule is CN(c1ccc(C#N)cc1)S(=O)(=O)c1ccc(Br)cc1N. The van der Waals surface area contributed by atoms with Gasteiger partial charge in [-0.15, -0.1) is 0 Å². The first kappa shape index (κ1) is 15.4. The zero-order valence-electron chi connectivity index (χ0n) is 11.1. The van der Waals surface area contributed by atoms with Crippen LogP contribution in [0.1, 0.15) is 5.56 Å². The summed E-state index contributed by atoms with van der Waals surface area (Å²) < 4.78 is 27.0. The third kappa shape index (κ3) is 3.01. The summed E-state index contributed by atoms with van der Waals surface area (Å²) in [5.41, 5.74) is 6.88. The van der Waals surface area contributed by atoms with E-state index in [0.717, 1.165) is 4.31 Å². The average Bonchev–Trinajstić information content (AvgIpc) is 2.46. The van der Waals surface area contributed by atoms with E-state index in [1.165, 1.54) is 13.1 Å². The van der Waals surface area contributed by atoms with Gasteiger partial charge >= 0.3 is 0 Å². The summed E-state index contributed by atoms with van der Waals surface area (Å²) in [6.45, 7) is 0. The van der Waals surface area contributed by atoms with Crippen molar-refractivity contribution in [3.8, 4) is 6.07 Å². The van der Waals surface area contributed by atoms with Crippen LogP contribution in [0.2, 0.25) is 0 Å². The van der Waals surface area contributed by atoms with Crippen LogP contribution < -0.4 is 10.0 Å². The highest BCUT2D eigenvalue weighted by molar-refractivity contribution is 9.10. The Labute approximate surface area is 131 Å². The molecule has 0 amide bonds. The van der Waals surface area contributed by atoms with Crippen LogP contribution in [0, 0.1) is 11.3 Å². The first-order valence-electron chi connectivity index (χ1n) is 5.90. The zero-order valence-corrected chi connectivity index (χ0v) is 13.5. The van der Waals surface area contributed by atoms with Crippen molar-refractivity contribution in [2.45, 2.75) is 4.90 Å². The Morgan fingerprint density at radius 1 is 1.19 bits per heavy atom. The molecule has 0 saturated heterocycles. The third-order valence-corrected chi connectivity index (χ3v) is 5.32. The second kappa shape index (κ2) is 5.76. The maximum Gasteiger partial charge on any atom is 0.266 e. The lowest BCUT2D eigenvalue weighted by molar-refractivity contribution is 0.595. The molecule has 0 aliphatic heterocycles. The molecule has 0 unspecified atom stereocenters. The Hall–Kier alpha value is -2.04. The highest BCUT2D eigenvalue weighted by Gasteiger charge is 2.23. The molecule has 108 valence electrons. The molecule has 2 N–H and O–H groups in total. The van der Waals surface area contributed by atoms with E-state index in [2.05, 4.69) is 15.9 Å². The summed E-state index contributed by atoms with van der Waals surface area (Å²) >= 11 is 3.24. The number of nitrogens with zero attached hydrogens (tertiary/aromatic N) is 2. The highest BCUT2D eigenvalue weighted by atomic mass is 79.9. The van der Waals surface area contributed by atoms with E-state index in [1.807, 2.05) is 6.07 Å². The summed E-state index contributed by atoms with van der Waals surface area (Å²) in [4.78, 5) is 0.0394. The molecule has 0 spiro atoms. The van der Waals surface area contributed by atoms with Gasteiger partial charge in [-0.05, 0) is 42.5 Å². The minimum absolute atomic E-state index is 0.0394. The summed E-state index contributed by atoms with van der Waals surface area (Å²) in [6, 6.07) is 12.9. The molecular formula is C14H12BrN3O2S. The molecule has 0 aromatic heterocycles. The number of anilines is 2. The van der Waals surface area contributed by atoms with E-state index < -0.39 is 10.0 Å². The van der Waals surface area contributed by atoms with E-state index >= 15 is 0 Å². The predicted molar refractivity (Wildman–Crippen MR) is 85.3 cm³/mol. The Kier molecular flexibility index (Phi) is 4.21. The van der Waals surface area contributed by atoms with Gasteiger partial charge in [0, 0.05) is 11.5 Å². The van der Waals surface area contributed by atoms with Gasteiger partial charge in [-0.2, -0.15) is 5.26 Å². The zero-order chi connectivity index (χ0) is 15.6. The minimum Gasteiger partial charge on any atom is -0.398 e. The van der Waals surface area contributed by atoms with E-state index in [0.29, 0.717) is 15.7 Å². The quantitative estimate of drug-likeness (QED) is 0.847. The molecule has 0 saturated carbocycles. The second-order valence-corrected chi connectivity index (χ2v) is 7.17. The van der Waals surface area contributed by atoms with Gasteiger partial charge in [0.1, 0.15) is 4.90 Å². The molecule has 7 heteroatoms. The number of benzene rings is 2. The van der Waals surface area contributed by atoms with Crippen molar-refractivity contribution < 1.29 is 8.42 Å². The van der Waals surface area contributed by atoms with Crippen molar-refractivity contribution in [1.82, 2.24) is 0 Å². The fraction of sp³-hybridized carbons (Fsp3) is 0.0714. The van der Waals surface area contributed by atoms with Gasteiger partial charge < -0.3 is 5.73 Å². The van der Waals surface area contributed by atoms with E-state index in [9.17, 15) is 8.42 Å². The second-order valence-electron chi connectivity index (χ2n) is 4.31. The number of sulfonamides is 1. The summed E-state index contributed by atoms with van der Waals surface area (Å²) in [5, 5.41) is 8.76. The molecule has 0 fully saturated rings. The highest BCUT2D eigenvalue weighted by Crippen LogP contribution is 2.28. The number of nitrogen functional groups attached to an aromatic ring is 1. The molecule has 5 nitrogen and oxygen atoms in total. The van der Waals surface area contributed by atoms with Crippen LogP contribution in [-0.4, -0.2) is 15.5 Å². The van der Waals surface area contributed by atoms with Crippen molar-refractivity contribution in [3.63, 3.8) is 0 Å². The van der Waals surface area contributed by atoms with Gasteiger partial charge in [-0.25, -0.2) is 8.42 Å². The van der Waals surface area contributed by atoms with Gasteiger partial charge in [0.25, 0.3) is 10.0 Å². The van der Waals surface area contributed by atoms with Crippen molar-refractivity contribution in [2.75, 3.05) is 17.1 Å². The summed E-state index contributed by atoms with van der Waals surface area (Å²) in [5.74, 6) is 0. The van der Waals surface area contributed by atoms with Crippen molar-refractivity contribution in [2.24, 2.45) is 0 Å². The summed E-state index contributed by atoms with van der Waals surface area (Å²) in [7, 11) is -2.31. The molecule has 0 atom stereocenters. The Morgan fingerprint density at radius 3 is 2.33 bits per heavy atom. The number of rotatable bonds is 3. The van der Waals surface area contributed by atoms with Crippen LogP contribution in [0.3, 0.4) is 0 Å². The molecule has 0 radical (unpaired) electrons. The van der Waals surface area contributed by atoms with E-state index in [1.54, 1.807) is 36.4 Å². The van der Waals surface area contributed by atoms with Crippen LogP contribution >= 0.6 is 15.9 Å². The van der Waals surface area contributed by atoms with Gasteiger partial charge in [0.05, 0.1) is 23.0 Å². The van der Waals surface area contributed by atoms with Crippen LogP contribution in [0.4, 0.5) is 11.4 Å². The Bertz CT molecular complexity index is 811.